The number of nitriles is 1. The van der Waals surface area contributed by atoms with Crippen LogP contribution in [0.15, 0.2) is 42.7 Å². The maximum atomic E-state index is 8.87. The van der Waals surface area contributed by atoms with Crippen molar-refractivity contribution in [1.82, 2.24) is 9.97 Å². The van der Waals surface area contributed by atoms with Gasteiger partial charge in [0.2, 0.25) is 0 Å². The summed E-state index contributed by atoms with van der Waals surface area (Å²) in [4.78, 5) is 10.4. The summed E-state index contributed by atoms with van der Waals surface area (Å²) in [5.41, 5.74) is 1.62. The van der Waals surface area contributed by atoms with E-state index in [1.165, 1.54) is 5.56 Å². The zero-order valence-corrected chi connectivity index (χ0v) is 10.2. The fourth-order valence-corrected chi connectivity index (χ4v) is 1.73. The molecule has 2 aromatic heterocycles. The van der Waals surface area contributed by atoms with Crippen molar-refractivity contribution in [3.05, 3.63) is 54.0 Å². The van der Waals surface area contributed by atoms with Crippen molar-refractivity contribution in [2.24, 2.45) is 0 Å². The molecule has 0 saturated carbocycles. The Bertz CT molecular complexity index is 545. The summed E-state index contributed by atoms with van der Waals surface area (Å²) in [7, 11) is 0. The second-order valence-electron chi connectivity index (χ2n) is 3.86. The molecule has 0 bridgehead atoms. The van der Waals surface area contributed by atoms with E-state index in [0.717, 1.165) is 18.9 Å². The molecular formula is C14H14N4. The van der Waals surface area contributed by atoms with E-state index in [-0.39, 0.29) is 0 Å². The summed E-state index contributed by atoms with van der Waals surface area (Å²) in [6.07, 6.45) is 3.56. The van der Waals surface area contributed by atoms with Crippen LogP contribution in [0.25, 0.3) is 0 Å². The molecular weight excluding hydrogens is 224 g/mol. The van der Waals surface area contributed by atoms with Crippen molar-refractivity contribution in [3.8, 4) is 6.07 Å². The minimum absolute atomic E-state index is 0.445. The Morgan fingerprint density at radius 1 is 1.22 bits per heavy atom. The third-order valence-corrected chi connectivity index (χ3v) is 2.68. The number of anilines is 1. The van der Waals surface area contributed by atoms with Gasteiger partial charge in [0.1, 0.15) is 17.6 Å². The topological polar surface area (TPSA) is 52.8 Å². The average Bonchev–Trinajstić information content (AvgIpc) is 2.46. The molecule has 90 valence electrons. The molecule has 0 aliphatic rings. The fourth-order valence-electron chi connectivity index (χ4n) is 1.73. The van der Waals surface area contributed by atoms with E-state index in [1.54, 1.807) is 18.5 Å². The maximum Gasteiger partial charge on any atom is 0.142 e. The van der Waals surface area contributed by atoms with Gasteiger partial charge < -0.3 is 4.90 Å². The summed E-state index contributed by atoms with van der Waals surface area (Å²) >= 11 is 0. The van der Waals surface area contributed by atoms with Gasteiger partial charge in [0.05, 0.1) is 0 Å². The molecule has 0 saturated heterocycles. The van der Waals surface area contributed by atoms with Crippen LogP contribution in [0.4, 0.5) is 5.82 Å². The lowest BCUT2D eigenvalue weighted by Gasteiger charge is -2.21. The smallest absolute Gasteiger partial charge is 0.142 e. The van der Waals surface area contributed by atoms with Crippen LogP contribution in [0.2, 0.25) is 0 Å². The standard InChI is InChI=1S/C14H14N4/c1-2-18(11-12-6-8-16-9-7-12)14-5-3-4-13(10-15)17-14/h3-9H,2,11H2,1H3. The quantitative estimate of drug-likeness (QED) is 0.820. The molecule has 2 heterocycles. The molecule has 0 atom stereocenters. The van der Waals surface area contributed by atoms with E-state index < -0.39 is 0 Å². The Hall–Kier alpha value is -2.41. The minimum atomic E-state index is 0.445. The molecule has 0 radical (unpaired) electrons. The van der Waals surface area contributed by atoms with Crippen molar-refractivity contribution in [2.45, 2.75) is 13.5 Å². The van der Waals surface area contributed by atoms with Crippen molar-refractivity contribution >= 4 is 5.82 Å². The highest BCUT2D eigenvalue weighted by Gasteiger charge is 2.07. The van der Waals surface area contributed by atoms with Gasteiger partial charge in [0.25, 0.3) is 0 Å². The number of hydrogen-bond acceptors (Lipinski definition) is 4. The monoisotopic (exact) mass is 238 g/mol. The van der Waals surface area contributed by atoms with E-state index >= 15 is 0 Å². The molecule has 2 rings (SSSR count). The zero-order valence-electron chi connectivity index (χ0n) is 10.2. The van der Waals surface area contributed by atoms with Crippen LogP contribution in [-0.4, -0.2) is 16.5 Å². The van der Waals surface area contributed by atoms with Crippen LogP contribution < -0.4 is 4.90 Å². The molecule has 2 aromatic rings. The third kappa shape index (κ3) is 2.83. The predicted octanol–water partition coefficient (Wildman–Crippen LogP) is 2.37. The number of pyridine rings is 2. The van der Waals surface area contributed by atoms with Gasteiger partial charge in [-0.15, -0.1) is 0 Å². The highest BCUT2D eigenvalue weighted by atomic mass is 15.2. The summed E-state index contributed by atoms with van der Waals surface area (Å²) in [5, 5.41) is 8.87. The molecule has 0 unspecified atom stereocenters. The number of aromatic nitrogens is 2. The van der Waals surface area contributed by atoms with Crippen molar-refractivity contribution in [2.75, 3.05) is 11.4 Å². The Labute approximate surface area is 107 Å². The van der Waals surface area contributed by atoms with E-state index in [0.29, 0.717) is 5.69 Å². The van der Waals surface area contributed by atoms with Gasteiger partial charge in [-0.25, -0.2) is 4.98 Å². The van der Waals surface area contributed by atoms with Gasteiger partial charge in [-0.05, 0) is 36.8 Å². The normalized spacial score (nSPS) is 9.78. The summed E-state index contributed by atoms with van der Waals surface area (Å²) in [5.74, 6) is 0.827. The second kappa shape index (κ2) is 5.78. The molecule has 0 amide bonds. The third-order valence-electron chi connectivity index (χ3n) is 2.68. The van der Waals surface area contributed by atoms with Crippen LogP contribution in [0.1, 0.15) is 18.2 Å². The van der Waals surface area contributed by atoms with E-state index in [2.05, 4.69) is 27.9 Å². The second-order valence-corrected chi connectivity index (χ2v) is 3.86. The molecule has 0 fully saturated rings. The fraction of sp³-hybridized carbons (Fsp3) is 0.214. The lowest BCUT2D eigenvalue weighted by Crippen LogP contribution is -2.23. The van der Waals surface area contributed by atoms with Gasteiger partial charge in [-0.3, -0.25) is 4.98 Å². The first-order chi connectivity index (χ1) is 8.83. The predicted molar refractivity (Wildman–Crippen MR) is 69.9 cm³/mol. The highest BCUT2D eigenvalue weighted by Crippen LogP contribution is 2.14. The molecule has 0 aliphatic carbocycles. The summed E-state index contributed by atoms with van der Waals surface area (Å²) < 4.78 is 0. The lowest BCUT2D eigenvalue weighted by atomic mass is 10.2. The van der Waals surface area contributed by atoms with E-state index in [1.807, 2.05) is 24.3 Å². The summed E-state index contributed by atoms with van der Waals surface area (Å²) in [6, 6.07) is 11.5. The molecule has 0 aromatic carbocycles. The maximum absolute atomic E-state index is 8.87. The van der Waals surface area contributed by atoms with Gasteiger partial charge in [0, 0.05) is 25.5 Å². The Morgan fingerprint density at radius 3 is 2.67 bits per heavy atom. The van der Waals surface area contributed by atoms with Crippen LogP contribution >= 0.6 is 0 Å². The van der Waals surface area contributed by atoms with Crippen LogP contribution in [-0.2, 0) is 6.54 Å². The highest BCUT2D eigenvalue weighted by molar-refractivity contribution is 5.42. The molecule has 18 heavy (non-hydrogen) atoms. The van der Waals surface area contributed by atoms with Crippen LogP contribution in [0, 0.1) is 11.3 Å². The lowest BCUT2D eigenvalue weighted by molar-refractivity contribution is 0.811. The first-order valence-electron chi connectivity index (χ1n) is 5.84. The van der Waals surface area contributed by atoms with Gasteiger partial charge in [-0.2, -0.15) is 5.26 Å². The van der Waals surface area contributed by atoms with Gasteiger partial charge in [-0.1, -0.05) is 6.07 Å². The molecule has 4 heteroatoms. The number of nitrogens with zero attached hydrogens (tertiary/aromatic N) is 4. The molecule has 0 aliphatic heterocycles. The molecule has 4 nitrogen and oxygen atoms in total. The average molecular weight is 238 g/mol. The van der Waals surface area contributed by atoms with Crippen molar-refractivity contribution < 1.29 is 0 Å². The Balaban J connectivity index is 2.21. The summed E-state index contributed by atoms with van der Waals surface area (Å²) in [6.45, 7) is 3.67. The first-order valence-corrected chi connectivity index (χ1v) is 5.84. The van der Waals surface area contributed by atoms with Crippen LogP contribution in [0.3, 0.4) is 0 Å². The molecule has 0 N–H and O–H groups in total. The largest absolute Gasteiger partial charge is 0.353 e. The van der Waals surface area contributed by atoms with Crippen molar-refractivity contribution in [1.29, 1.82) is 5.26 Å². The van der Waals surface area contributed by atoms with Gasteiger partial charge in [0.15, 0.2) is 0 Å². The van der Waals surface area contributed by atoms with E-state index in [9.17, 15) is 0 Å². The van der Waals surface area contributed by atoms with Crippen LogP contribution in [0.5, 0.6) is 0 Å². The minimum Gasteiger partial charge on any atom is -0.353 e. The SMILES string of the molecule is CCN(Cc1ccncc1)c1cccc(C#N)n1. The number of rotatable bonds is 4. The zero-order chi connectivity index (χ0) is 12.8. The van der Waals surface area contributed by atoms with E-state index in [4.69, 9.17) is 5.26 Å². The Kier molecular flexibility index (Phi) is 3.87. The number of hydrogen-bond donors (Lipinski definition) is 0. The Morgan fingerprint density at radius 2 is 2.00 bits per heavy atom. The van der Waals surface area contributed by atoms with Gasteiger partial charge >= 0.3 is 0 Å². The molecule has 0 spiro atoms. The first kappa shape index (κ1) is 12.1. The van der Waals surface area contributed by atoms with Crippen molar-refractivity contribution in [3.63, 3.8) is 0 Å².